The van der Waals surface area contributed by atoms with E-state index in [1.807, 2.05) is 20.0 Å². The lowest BCUT2D eigenvalue weighted by Gasteiger charge is -2.24. The second-order valence-electron chi connectivity index (χ2n) is 6.96. The number of aromatic nitrogens is 2. The summed E-state index contributed by atoms with van der Waals surface area (Å²) in [6, 6.07) is 3.53. The Morgan fingerprint density at radius 2 is 2.04 bits per heavy atom. The van der Waals surface area contributed by atoms with Gasteiger partial charge in [-0.05, 0) is 59.8 Å². The topological polar surface area (TPSA) is 36.3 Å². The Kier molecular flexibility index (Phi) is 10.2. The van der Waals surface area contributed by atoms with Crippen molar-refractivity contribution < 1.29 is 0 Å². The fourth-order valence-electron chi connectivity index (χ4n) is 3.01. The Balaban J connectivity index is 0.000000218. The van der Waals surface area contributed by atoms with Crippen LogP contribution in [0.15, 0.2) is 12.3 Å². The molecule has 0 saturated carbocycles. The molecule has 1 N–H and O–H groups in total. The van der Waals surface area contributed by atoms with Gasteiger partial charge in [-0.15, -0.1) is 0 Å². The smallest absolute Gasteiger partial charge is 0.0524 e. The van der Waals surface area contributed by atoms with Crippen LogP contribution in [0.25, 0.3) is 0 Å². The predicted molar refractivity (Wildman–Crippen MR) is 103 cm³/mol. The Bertz CT molecular complexity index is 423. The lowest BCUT2D eigenvalue weighted by molar-refractivity contribution is 0.249. The molecule has 5 heteroatoms. The van der Waals surface area contributed by atoms with Crippen molar-refractivity contribution in [3.05, 3.63) is 18.0 Å². The second kappa shape index (κ2) is 11.6. The lowest BCUT2D eigenvalue weighted by atomic mass is 10.2. The van der Waals surface area contributed by atoms with Gasteiger partial charge in [-0.3, -0.25) is 4.68 Å². The normalized spacial score (nSPS) is 20.8. The van der Waals surface area contributed by atoms with Gasteiger partial charge in [0.25, 0.3) is 0 Å². The summed E-state index contributed by atoms with van der Waals surface area (Å²) in [6.07, 6.45) is 5.81. The molecule has 0 aromatic carbocycles. The number of rotatable bonds is 3. The van der Waals surface area contributed by atoms with Crippen LogP contribution in [0.4, 0.5) is 0 Å². The molecular formula is C19H39N5. The van der Waals surface area contributed by atoms with E-state index < -0.39 is 0 Å². The maximum atomic E-state index is 4.24. The van der Waals surface area contributed by atoms with Gasteiger partial charge in [0.1, 0.15) is 0 Å². The zero-order valence-electron chi connectivity index (χ0n) is 16.8. The molecule has 140 valence electrons. The fraction of sp³-hybridized carbons (Fsp3) is 0.842. The van der Waals surface area contributed by atoms with Crippen LogP contribution in [0.2, 0.25) is 0 Å². The first-order valence-corrected chi connectivity index (χ1v) is 9.69. The zero-order chi connectivity index (χ0) is 17.9. The average Bonchev–Trinajstić information content (AvgIpc) is 3.19. The van der Waals surface area contributed by atoms with E-state index in [0.717, 1.165) is 19.1 Å². The van der Waals surface area contributed by atoms with Crippen molar-refractivity contribution in [1.82, 2.24) is 24.9 Å². The molecule has 1 saturated heterocycles. The van der Waals surface area contributed by atoms with E-state index in [9.17, 15) is 0 Å². The van der Waals surface area contributed by atoms with E-state index in [-0.39, 0.29) is 0 Å². The maximum Gasteiger partial charge on any atom is 0.0524 e. The number of likely N-dealkylation sites (N-methyl/N-ethyl adjacent to an activating group) is 1. The molecule has 1 fully saturated rings. The van der Waals surface area contributed by atoms with Gasteiger partial charge in [-0.25, -0.2) is 0 Å². The van der Waals surface area contributed by atoms with E-state index in [1.165, 1.54) is 44.6 Å². The van der Waals surface area contributed by atoms with Crippen LogP contribution in [-0.4, -0.2) is 65.4 Å². The van der Waals surface area contributed by atoms with Crippen molar-refractivity contribution in [3.8, 4) is 0 Å². The predicted octanol–water partition coefficient (Wildman–Crippen LogP) is 2.82. The van der Waals surface area contributed by atoms with Crippen LogP contribution in [0.1, 0.15) is 52.7 Å². The number of hydrogen-bond acceptors (Lipinski definition) is 4. The van der Waals surface area contributed by atoms with Gasteiger partial charge in [0.05, 0.1) is 5.69 Å². The SMILES string of the molecule is CC.CC(C)N(C)CC1CCCN1.CN1CCCn2nccc2C1. The highest BCUT2D eigenvalue weighted by Crippen LogP contribution is 2.08. The number of aryl methyl sites for hydroxylation is 1. The van der Waals surface area contributed by atoms with E-state index in [0.29, 0.717) is 6.04 Å². The van der Waals surface area contributed by atoms with Crippen molar-refractivity contribution in [2.45, 2.75) is 72.1 Å². The molecule has 24 heavy (non-hydrogen) atoms. The summed E-state index contributed by atoms with van der Waals surface area (Å²) in [7, 11) is 4.35. The zero-order valence-corrected chi connectivity index (χ0v) is 16.8. The number of hydrogen-bond donors (Lipinski definition) is 1. The van der Waals surface area contributed by atoms with E-state index in [2.05, 4.69) is 58.9 Å². The fourth-order valence-corrected chi connectivity index (χ4v) is 3.01. The molecule has 1 aromatic rings. The highest BCUT2D eigenvalue weighted by Gasteiger charge is 2.16. The molecule has 1 aromatic heterocycles. The first-order valence-electron chi connectivity index (χ1n) is 9.69. The largest absolute Gasteiger partial charge is 0.313 e. The molecular weight excluding hydrogens is 298 g/mol. The van der Waals surface area contributed by atoms with Crippen LogP contribution in [-0.2, 0) is 13.1 Å². The molecule has 0 aliphatic carbocycles. The summed E-state index contributed by atoms with van der Waals surface area (Å²) in [5.74, 6) is 0. The third-order valence-corrected chi connectivity index (χ3v) is 4.70. The van der Waals surface area contributed by atoms with Gasteiger partial charge in [-0.1, -0.05) is 13.8 Å². The van der Waals surface area contributed by atoms with Crippen LogP contribution < -0.4 is 5.32 Å². The molecule has 5 nitrogen and oxygen atoms in total. The minimum absolute atomic E-state index is 0.678. The summed E-state index contributed by atoms with van der Waals surface area (Å²) in [5.41, 5.74) is 1.34. The van der Waals surface area contributed by atoms with Crippen molar-refractivity contribution >= 4 is 0 Å². The Morgan fingerprint density at radius 3 is 2.67 bits per heavy atom. The Morgan fingerprint density at radius 1 is 1.29 bits per heavy atom. The minimum atomic E-state index is 0.678. The number of nitrogens with zero attached hydrogens (tertiary/aromatic N) is 4. The Labute approximate surface area is 149 Å². The van der Waals surface area contributed by atoms with Gasteiger partial charge in [0.2, 0.25) is 0 Å². The molecule has 3 rings (SSSR count). The van der Waals surface area contributed by atoms with Crippen LogP contribution in [0.5, 0.6) is 0 Å². The summed E-state index contributed by atoms with van der Waals surface area (Å²) >= 11 is 0. The molecule has 1 unspecified atom stereocenters. The van der Waals surface area contributed by atoms with Gasteiger partial charge in [0.15, 0.2) is 0 Å². The summed E-state index contributed by atoms with van der Waals surface area (Å²) in [5, 5.41) is 7.74. The minimum Gasteiger partial charge on any atom is -0.313 e. The van der Waals surface area contributed by atoms with Gasteiger partial charge >= 0.3 is 0 Å². The monoisotopic (exact) mass is 337 g/mol. The van der Waals surface area contributed by atoms with E-state index >= 15 is 0 Å². The molecule has 0 spiro atoms. The highest BCUT2D eigenvalue weighted by molar-refractivity contribution is 5.01. The molecule has 0 bridgehead atoms. The van der Waals surface area contributed by atoms with Crippen molar-refractivity contribution in [1.29, 1.82) is 0 Å². The number of fused-ring (bicyclic) bond motifs is 1. The lowest BCUT2D eigenvalue weighted by Crippen LogP contribution is -2.38. The third kappa shape index (κ3) is 7.32. The average molecular weight is 338 g/mol. The Hall–Kier alpha value is -0.910. The quantitative estimate of drug-likeness (QED) is 0.920. The first kappa shape index (κ1) is 21.1. The van der Waals surface area contributed by atoms with Crippen molar-refractivity contribution in [2.75, 3.05) is 33.7 Å². The summed E-state index contributed by atoms with van der Waals surface area (Å²) < 4.78 is 2.10. The van der Waals surface area contributed by atoms with Gasteiger partial charge in [0, 0.05) is 44.5 Å². The molecule has 3 heterocycles. The molecule has 0 amide bonds. The summed E-state index contributed by atoms with van der Waals surface area (Å²) in [6.45, 7) is 14.2. The molecule has 1 atom stereocenters. The van der Waals surface area contributed by atoms with Gasteiger partial charge < -0.3 is 15.1 Å². The van der Waals surface area contributed by atoms with Crippen LogP contribution in [0, 0.1) is 0 Å². The van der Waals surface area contributed by atoms with Crippen LogP contribution >= 0.6 is 0 Å². The molecule has 0 radical (unpaired) electrons. The van der Waals surface area contributed by atoms with Crippen molar-refractivity contribution in [2.24, 2.45) is 0 Å². The first-order chi connectivity index (χ1) is 11.6. The highest BCUT2D eigenvalue weighted by atomic mass is 15.3. The third-order valence-electron chi connectivity index (χ3n) is 4.70. The standard InChI is InChI=1S/C9H20N2.C8H13N3.C2H6/c1-8(2)11(3)7-9-5-4-6-10-9;1-10-5-2-6-11-8(7-10)3-4-9-11;1-2/h8-10H,4-7H2,1-3H3;3-4H,2,5-7H2,1H3;1-2H3. The summed E-state index contributed by atoms with van der Waals surface area (Å²) in [4.78, 5) is 4.74. The number of nitrogens with one attached hydrogen (secondary N) is 1. The maximum absolute atomic E-state index is 4.24. The van der Waals surface area contributed by atoms with E-state index in [1.54, 1.807) is 0 Å². The van der Waals surface area contributed by atoms with Crippen molar-refractivity contribution in [3.63, 3.8) is 0 Å². The van der Waals surface area contributed by atoms with Gasteiger partial charge in [-0.2, -0.15) is 5.10 Å². The van der Waals surface area contributed by atoms with E-state index in [4.69, 9.17) is 0 Å². The second-order valence-corrected chi connectivity index (χ2v) is 6.96. The van der Waals surface area contributed by atoms with Crippen LogP contribution in [0.3, 0.4) is 0 Å². The molecule has 2 aliphatic heterocycles. The molecule has 2 aliphatic rings.